The second-order valence-electron chi connectivity index (χ2n) is 4.81. The van der Waals surface area contributed by atoms with Gasteiger partial charge in [-0.05, 0) is 40.2 Å². The standard InChI is InChI=1S/C11H21N2O2/c1-11(2,3)15-10(14)12-6-9-13-7-4-5-8-13/h4H,5-9H2,1-3H3,(H,12,14). The van der Waals surface area contributed by atoms with Crippen molar-refractivity contribution in [3.8, 4) is 0 Å². The maximum atomic E-state index is 11.3. The maximum Gasteiger partial charge on any atom is 0.407 e. The van der Waals surface area contributed by atoms with Gasteiger partial charge in [0.25, 0.3) is 0 Å². The number of carbonyl (C=O) groups excluding carboxylic acids is 1. The number of alkyl carbamates (subject to hydrolysis) is 1. The van der Waals surface area contributed by atoms with Crippen LogP contribution in [0.25, 0.3) is 0 Å². The average molecular weight is 213 g/mol. The summed E-state index contributed by atoms with van der Waals surface area (Å²) in [5, 5.41) is 2.75. The predicted molar refractivity (Wildman–Crippen MR) is 59.6 cm³/mol. The fraction of sp³-hybridized carbons (Fsp3) is 0.818. The van der Waals surface area contributed by atoms with Crippen LogP contribution in [0.2, 0.25) is 0 Å². The zero-order valence-electron chi connectivity index (χ0n) is 9.88. The molecule has 1 aliphatic rings. The number of hydrogen-bond donors (Lipinski definition) is 1. The minimum absolute atomic E-state index is 0.328. The zero-order valence-corrected chi connectivity index (χ0v) is 9.88. The molecule has 0 spiro atoms. The third-order valence-corrected chi connectivity index (χ3v) is 2.13. The molecule has 0 aromatic heterocycles. The highest BCUT2D eigenvalue weighted by Crippen LogP contribution is 2.07. The van der Waals surface area contributed by atoms with Crippen LogP contribution in [0.4, 0.5) is 4.79 Å². The molecule has 0 aromatic rings. The van der Waals surface area contributed by atoms with Crippen molar-refractivity contribution in [1.82, 2.24) is 10.2 Å². The molecule has 0 aromatic carbocycles. The Bertz CT molecular complexity index is 205. The molecular weight excluding hydrogens is 192 g/mol. The molecule has 0 unspecified atom stereocenters. The Morgan fingerprint density at radius 3 is 2.80 bits per heavy atom. The molecule has 1 heterocycles. The van der Waals surface area contributed by atoms with E-state index in [1.54, 1.807) is 0 Å². The molecular formula is C11H21N2O2. The van der Waals surface area contributed by atoms with Gasteiger partial charge in [0.2, 0.25) is 0 Å². The number of amides is 1. The van der Waals surface area contributed by atoms with E-state index in [1.807, 2.05) is 20.8 Å². The van der Waals surface area contributed by atoms with Gasteiger partial charge in [0.15, 0.2) is 0 Å². The molecule has 0 saturated carbocycles. The minimum atomic E-state index is -0.411. The molecule has 4 nitrogen and oxygen atoms in total. The molecule has 1 fully saturated rings. The molecule has 0 atom stereocenters. The van der Waals surface area contributed by atoms with Crippen LogP contribution in [0.1, 0.15) is 27.2 Å². The number of hydrogen-bond acceptors (Lipinski definition) is 3. The van der Waals surface area contributed by atoms with Gasteiger partial charge in [0.05, 0.1) is 0 Å². The van der Waals surface area contributed by atoms with E-state index < -0.39 is 5.60 Å². The third-order valence-electron chi connectivity index (χ3n) is 2.13. The second-order valence-corrected chi connectivity index (χ2v) is 4.81. The third kappa shape index (κ3) is 5.62. The lowest BCUT2D eigenvalue weighted by Gasteiger charge is -2.20. The molecule has 1 radical (unpaired) electrons. The highest BCUT2D eigenvalue weighted by molar-refractivity contribution is 5.67. The summed E-state index contributed by atoms with van der Waals surface area (Å²) in [6.07, 6.45) is 3.09. The number of rotatable bonds is 3. The zero-order chi connectivity index (χ0) is 11.3. The van der Waals surface area contributed by atoms with Gasteiger partial charge in [0.1, 0.15) is 5.60 Å². The van der Waals surface area contributed by atoms with Crippen molar-refractivity contribution in [3.63, 3.8) is 0 Å². The normalized spacial score (nSPS) is 17.8. The Hall–Kier alpha value is -0.770. The van der Waals surface area contributed by atoms with E-state index in [0.29, 0.717) is 6.54 Å². The van der Waals surface area contributed by atoms with Crippen LogP contribution in [-0.4, -0.2) is 42.8 Å². The van der Waals surface area contributed by atoms with Crippen molar-refractivity contribution >= 4 is 6.09 Å². The summed E-state index contributed by atoms with van der Waals surface area (Å²) in [6.45, 7) is 9.29. The van der Waals surface area contributed by atoms with Gasteiger partial charge in [-0.1, -0.05) is 0 Å². The molecule has 1 aliphatic heterocycles. The van der Waals surface area contributed by atoms with Gasteiger partial charge >= 0.3 is 6.09 Å². The Kier molecular flexibility index (Phi) is 4.39. The van der Waals surface area contributed by atoms with Crippen LogP contribution < -0.4 is 5.32 Å². The summed E-state index contributed by atoms with van der Waals surface area (Å²) < 4.78 is 5.13. The van der Waals surface area contributed by atoms with Crippen molar-refractivity contribution in [2.75, 3.05) is 26.2 Å². The number of nitrogens with one attached hydrogen (secondary N) is 1. The van der Waals surface area contributed by atoms with Crippen molar-refractivity contribution in [3.05, 3.63) is 6.42 Å². The van der Waals surface area contributed by atoms with Gasteiger partial charge in [-0.3, -0.25) is 0 Å². The summed E-state index contributed by atoms with van der Waals surface area (Å²) in [6, 6.07) is 0. The molecule has 4 heteroatoms. The Morgan fingerprint density at radius 2 is 2.27 bits per heavy atom. The second kappa shape index (κ2) is 5.35. The fourth-order valence-electron chi connectivity index (χ4n) is 1.47. The van der Waals surface area contributed by atoms with Crippen molar-refractivity contribution in [1.29, 1.82) is 0 Å². The van der Waals surface area contributed by atoms with E-state index in [9.17, 15) is 4.79 Å². The summed E-state index contributed by atoms with van der Waals surface area (Å²) >= 11 is 0. The maximum absolute atomic E-state index is 11.3. The van der Waals surface area contributed by atoms with E-state index in [-0.39, 0.29) is 6.09 Å². The topological polar surface area (TPSA) is 41.6 Å². The Balaban J connectivity index is 2.06. The fourth-order valence-corrected chi connectivity index (χ4v) is 1.47. The average Bonchev–Trinajstić information content (AvgIpc) is 2.53. The lowest BCUT2D eigenvalue weighted by molar-refractivity contribution is 0.0523. The summed E-state index contributed by atoms with van der Waals surface area (Å²) in [7, 11) is 0. The molecule has 1 amide bonds. The lowest BCUT2D eigenvalue weighted by Crippen LogP contribution is -2.37. The Morgan fingerprint density at radius 1 is 1.53 bits per heavy atom. The number of carbonyl (C=O) groups is 1. The number of likely N-dealkylation sites (tertiary alicyclic amines) is 1. The number of nitrogens with zero attached hydrogens (tertiary/aromatic N) is 1. The van der Waals surface area contributed by atoms with E-state index in [0.717, 1.165) is 26.1 Å². The lowest BCUT2D eigenvalue weighted by atomic mass is 10.2. The molecule has 0 bridgehead atoms. The first-order chi connectivity index (χ1) is 6.97. The van der Waals surface area contributed by atoms with E-state index in [1.165, 1.54) is 0 Å². The quantitative estimate of drug-likeness (QED) is 0.771. The van der Waals surface area contributed by atoms with Gasteiger partial charge in [-0.15, -0.1) is 0 Å². The van der Waals surface area contributed by atoms with Crippen molar-refractivity contribution < 1.29 is 9.53 Å². The SMILES string of the molecule is CC(C)(C)OC(=O)NCCN1C[CH]CC1. The van der Waals surface area contributed by atoms with Crippen LogP contribution in [0, 0.1) is 6.42 Å². The Labute approximate surface area is 92.0 Å². The van der Waals surface area contributed by atoms with Gasteiger partial charge in [0, 0.05) is 19.6 Å². The first-order valence-electron chi connectivity index (χ1n) is 5.48. The summed E-state index contributed by atoms with van der Waals surface area (Å²) in [4.78, 5) is 13.6. The van der Waals surface area contributed by atoms with Gasteiger partial charge < -0.3 is 15.0 Å². The molecule has 1 rings (SSSR count). The van der Waals surface area contributed by atoms with Crippen LogP contribution in [0.5, 0.6) is 0 Å². The highest BCUT2D eigenvalue weighted by atomic mass is 16.6. The molecule has 1 saturated heterocycles. The van der Waals surface area contributed by atoms with Crippen LogP contribution in [-0.2, 0) is 4.74 Å². The largest absolute Gasteiger partial charge is 0.444 e. The van der Waals surface area contributed by atoms with Crippen molar-refractivity contribution in [2.24, 2.45) is 0 Å². The first-order valence-corrected chi connectivity index (χ1v) is 5.48. The molecule has 15 heavy (non-hydrogen) atoms. The highest BCUT2D eigenvalue weighted by Gasteiger charge is 2.16. The van der Waals surface area contributed by atoms with E-state index in [2.05, 4.69) is 16.6 Å². The van der Waals surface area contributed by atoms with Gasteiger partial charge in [-0.2, -0.15) is 0 Å². The van der Waals surface area contributed by atoms with Crippen LogP contribution >= 0.6 is 0 Å². The summed E-state index contributed by atoms with van der Waals surface area (Å²) in [5.74, 6) is 0. The molecule has 0 aliphatic carbocycles. The van der Waals surface area contributed by atoms with Crippen LogP contribution in [0.3, 0.4) is 0 Å². The molecule has 1 N–H and O–H groups in total. The smallest absolute Gasteiger partial charge is 0.407 e. The minimum Gasteiger partial charge on any atom is -0.444 e. The number of ether oxygens (including phenoxy) is 1. The van der Waals surface area contributed by atoms with Crippen LogP contribution in [0.15, 0.2) is 0 Å². The monoisotopic (exact) mass is 213 g/mol. The summed E-state index contributed by atoms with van der Waals surface area (Å²) in [5.41, 5.74) is -0.411. The van der Waals surface area contributed by atoms with E-state index >= 15 is 0 Å². The predicted octanol–water partition coefficient (Wildman–Crippen LogP) is 1.42. The van der Waals surface area contributed by atoms with E-state index in [4.69, 9.17) is 4.74 Å². The first kappa shape index (κ1) is 12.3. The van der Waals surface area contributed by atoms with Gasteiger partial charge in [-0.25, -0.2) is 4.79 Å². The molecule has 87 valence electrons. The van der Waals surface area contributed by atoms with Crippen molar-refractivity contribution in [2.45, 2.75) is 32.8 Å².